The van der Waals surface area contributed by atoms with Crippen molar-refractivity contribution in [1.29, 1.82) is 0 Å². The van der Waals surface area contributed by atoms with E-state index in [1.54, 1.807) is 0 Å². The summed E-state index contributed by atoms with van der Waals surface area (Å²) in [5.41, 5.74) is 0. The Morgan fingerprint density at radius 3 is 2.54 bits per heavy atom. The molecule has 1 aliphatic rings. The fraction of sp³-hybridized carbons (Fsp3) is 1.00. The van der Waals surface area contributed by atoms with Crippen molar-refractivity contribution in [2.45, 2.75) is 33.0 Å². The molecule has 5 heteroatoms. The van der Waals surface area contributed by atoms with Gasteiger partial charge < -0.3 is 0 Å². The maximum atomic E-state index is 8.63. The first-order valence-electron chi connectivity index (χ1n) is 4.83. The van der Waals surface area contributed by atoms with Crippen LogP contribution in [0.3, 0.4) is 0 Å². The number of aliphatic hydroxyl groups excluding tert-OH is 1. The van der Waals surface area contributed by atoms with Gasteiger partial charge >= 0.3 is 79.0 Å². The molecule has 0 aliphatic carbocycles. The van der Waals surface area contributed by atoms with E-state index in [2.05, 4.69) is 0 Å². The van der Waals surface area contributed by atoms with Crippen LogP contribution in [0, 0.1) is 0 Å². The summed E-state index contributed by atoms with van der Waals surface area (Å²) < 4.78 is 16.5. The van der Waals surface area contributed by atoms with E-state index in [4.69, 9.17) is 18.7 Å². The minimum absolute atomic E-state index is 0.104. The van der Waals surface area contributed by atoms with E-state index in [1.807, 2.05) is 13.8 Å². The zero-order valence-electron chi connectivity index (χ0n) is 8.28. The van der Waals surface area contributed by atoms with Crippen LogP contribution in [0.4, 0.5) is 0 Å². The Labute approximate surface area is 79.8 Å². The van der Waals surface area contributed by atoms with Crippen molar-refractivity contribution >= 4 is 7.94 Å². The molecular formula is C8H19O4P. The van der Waals surface area contributed by atoms with Crippen molar-refractivity contribution in [2.75, 3.05) is 19.4 Å². The predicted molar refractivity (Wildman–Crippen MR) is 52.8 cm³/mol. The molecule has 0 aromatic heterocycles. The molecule has 1 heterocycles. The van der Waals surface area contributed by atoms with Crippen LogP contribution in [-0.2, 0) is 13.6 Å². The second kappa shape index (κ2) is 5.23. The van der Waals surface area contributed by atoms with Crippen LogP contribution < -0.4 is 0 Å². The third-order valence-corrected chi connectivity index (χ3v) is 5.02. The Balaban J connectivity index is 2.23. The first-order chi connectivity index (χ1) is 6.22. The molecule has 0 aromatic carbocycles. The van der Waals surface area contributed by atoms with Crippen molar-refractivity contribution in [2.24, 2.45) is 0 Å². The zero-order chi connectivity index (χ0) is 9.73. The van der Waals surface area contributed by atoms with Gasteiger partial charge in [0.1, 0.15) is 0 Å². The maximum absolute atomic E-state index is 8.63. The predicted octanol–water partition coefficient (Wildman–Crippen LogP) is 1.68. The zero-order valence-corrected chi connectivity index (χ0v) is 9.28. The van der Waals surface area contributed by atoms with Crippen molar-refractivity contribution in [1.82, 2.24) is 0 Å². The van der Waals surface area contributed by atoms with E-state index in [0.29, 0.717) is 6.61 Å². The van der Waals surface area contributed by atoms with E-state index in [0.717, 1.165) is 19.0 Å². The summed E-state index contributed by atoms with van der Waals surface area (Å²) in [6, 6.07) is 0. The first kappa shape index (κ1) is 11.3. The number of unbranched alkanes of at least 4 members (excludes halogenated alkanes) is 1. The van der Waals surface area contributed by atoms with Gasteiger partial charge in [0, 0.05) is 0 Å². The summed E-state index contributed by atoms with van der Waals surface area (Å²) in [7, 11) is -2.25. The average molecular weight is 210 g/mol. The Morgan fingerprint density at radius 1 is 1.38 bits per heavy atom. The van der Waals surface area contributed by atoms with Crippen LogP contribution >= 0.6 is 7.94 Å². The molecule has 0 unspecified atom stereocenters. The van der Waals surface area contributed by atoms with Gasteiger partial charge in [-0.05, 0) is 0 Å². The van der Waals surface area contributed by atoms with E-state index in [-0.39, 0.29) is 12.9 Å². The van der Waals surface area contributed by atoms with Crippen molar-refractivity contribution < 1.29 is 18.7 Å². The summed E-state index contributed by atoms with van der Waals surface area (Å²) in [5.74, 6) is 0. The standard InChI is InChI=1S/C8H19O4P/c1-3-10-13(7-5-4-6-9)11-8(2)12-13/h8-9,13H,3-7H2,1-2H3. The number of hydrogen-bond acceptors (Lipinski definition) is 4. The number of rotatable bonds is 6. The molecule has 1 saturated heterocycles. The van der Waals surface area contributed by atoms with Gasteiger partial charge in [0.15, 0.2) is 0 Å². The van der Waals surface area contributed by atoms with Gasteiger partial charge in [-0.25, -0.2) is 0 Å². The molecule has 0 spiro atoms. The molecular weight excluding hydrogens is 191 g/mol. The van der Waals surface area contributed by atoms with E-state index in [1.165, 1.54) is 0 Å². The average Bonchev–Trinajstić information content (AvgIpc) is 2.03. The van der Waals surface area contributed by atoms with E-state index >= 15 is 0 Å². The summed E-state index contributed by atoms with van der Waals surface area (Å²) >= 11 is 0. The summed E-state index contributed by atoms with van der Waals surface area (Å²) in [5, 5.41) is 8.63. The van der Waals surface area contributed by atoms with Crippen LogP contribution in [0.25, 0.3) is 0 Å². The molecule has 1 N–H and O–H groups in total. The Hall–Kier alpha value is 0.270. The molecule has 1 aliphatic heterocycles. The Bertz CT molecular complexity index is 142. The molecule has 0 aromatic rings. The van der Waals surface area contributed by atoms with Crippen molar-refractivity contribution in [3.63, 3.8) is 0 Å². The fourth-order valence-electron chi connectivity index (χ4n) is 1.45. The molecule has 13 heavy (non-hydrogen) atoms. The van der Waals surface area contributed by atoms with Gasteiger partial charge in [-0.15, -0.1) is 0 Å². The molecule has 1 fully saturated rings. The van der Waals surface area contributed by atoms with Crippen LogP contribution in [-0.4, -0.2) is 30.8 Å². The molecule has 0 atom stereocenters. The van der Waals surface area contributed by atoms with Gasteiger partial charge in [0.25, 0.3) is 0 Å². The van der Waals surface area contributed by atoms with Gasteiger partial charge in [-0.1, -0.05) is 0 Å². The van der Waals surface area contributed by atoms with E-state index in [9.17, 15) is 0 Å². The van der Waals surface area contributed by atoms with Crippen molar-refractivity contribution in [3.8, 4) is 0 Å². The fourth-order valence-corrected chi connectivity index (χ4v) is 4.11. The second-order valence-electron chi connectivity index (χ2n) is 3.10. The molecule has 0 amide bonds. The second-order valence-corrected chi connectivity index (χ2v) is 5.73. The Kier molecular flexibility index (Phi) is 4.56. The van der Waals surface area contributed by atoms with Crippen LogP contribution in [0.15, 0.2) is 0 Å². The number of aliphatic hydroxyl groups is 1. The monoisotopic (exact) mass is 210 g/mol. The summed E-state index contributed by atoms with van der Waals surface area (Å²) in [4.78, 5) is 0. The minimum atomic E-state index is -2.25. The molecule has 0 bridgehead atoms. The first-order valence-corrected chi connectivity index (χ1v) is 6.76. The molecule has 1 rings (SSSR count). The SMILES string of the molecule is CCO[PH]1(CCCCO)OC(C)O1. The topological polar surface area (TPSA) is 47.9 Å². The Morgan fingerprint density at radius 2 is 2.08 bits per heavy atom. The number of hydrogen-bond donors (Lipinski definition) is 1. The normalized spacial score (nSPS) is 28.1. The molecule has 0 saturated carbocycles. The van der Waals surface area contributed by atoms with Crippen LogP contribution in [0.1, 0.15) is 26.7 Å². The van der Waals surface area contributed by atoms with E-state index < -0.39 is 7.94 Å². The summed E-state index contributed by atoms with van der Waals surface area (Å²) in [6.45, 7) is 4.68. The molecule has 80 valence electrons. The van der Waals surface area contributed by atoms with Crippen LogP contribution in [0.2, 0.25) is 0 Å². The molecule has 0 radical (unpaired) electrons. The summed E-state index contributed by atoms with van der Waals surface area (Å²) in [6.07, 6.45) is 2.43. The third kappa shape index (κ3) is 3.15. The third-order valence-electron chi connectivity index (χ3n) is 1.95. The van der Waals surface area contributed by atoms with Gasteiger partial charge in [0.05, 0.1) is 0 Å². The molecule has 4 nitrogen and oxygen atoms in total. The van der Waals surface area contributed by atoms with Gasteiger partial charge in [-0.2, -0.15) is 0 Å². The van der Waals surface area contributed by atoms with Gasteiger partial charge in [-0.3, -0.25) is 0 Å². The van der Waals surface area contributed by atoms with Crippen LogP contribution in [0.5, 0.6) is 0 Å². The van der Waals surface area contributed by atoms with Gasteiger partial charge in [0.2, 0.25) is 0 Å². The van der Waals surface area contributed by atoms with Crippen molar-refractivity contribution in [3.05, 3.63) is 0 Å². The quantitative estimate of drug-likeness (QED) is 0.535.